The molecule has 6 nitrogen and oxygen atoms in total. The van der Waals surface area contributed by atoms with Crippen LogP contribution in [0.25, 0.3) is 0 Å². The zero-order chi connectivity index (χ0) is 21.6. The number of carbonyl (C=O) groups excluding carboxylic acids is 1. The Hall–Kier alpha value is -3.16. The zero-order valence-electron chi connectivity index (χ0n) is 16.9. The van der Waals surface area contributed by atoms with Crippen LogP contribution in [0.15, 0.2) is 89.8 Å². The molecule has 2 N–H and O–H groups in total. The van der Waals surface area contributed by atoms with Gasteiger partial charge in [-0.2, -0.15) is 0 Å². The van der Waals surface area contributed by atoms with Gasteiger partial charge in [-0.3, -0.25) is 4.79 Å². The van der Waals surface area contributed by atoms with Crippen LogP contribution in [0.1, 0.15) is 17.2 Å². The van der Waals surface area contributed by atoms with E-state index >= 15 is 0 Å². The molecule has 0 saturated carbocycles. The standard InChI is InChI=1S/C23H25N3O3S/c1-26(2)30(28,29)21-15-9-14-20(16-21)24-17-22(27)25-23(18-10-5-3-6-11-18)19-12-7-4-8-13-19/h3-16,23-24H,17H2,1-2H3,(H,25,27). The molecular weight excluding hydrogens is 398 g/mol. The van der Waals surface area contributed by atoms with E-state index in [1.54, 1.807) is 12.1 Å². The molecule has 30 heavy (non-hydrogen) atoms. The van der Waals surface area contributed by atoms with Gasteiger partial charge in [0.25, 0.3) is 0 Å². The third-order valence-electron chi connectivity index (χ3n) is 4.64. The van der Waals surface area contributed by atoms with E-state index in [0.717, 1.165) is 15.4 Å². The number of anilines is 1. The first-order valence-electron chi connectivity index (χ1n) is 9.53. The molecule has 0 bridgehead atoms. The summed E-state index contributed by atoms with van der Waals surface area (Å²) in [5, 5.41) is 6.06. The fourth-order valence-electron chi connectivity index (χ4n) is 3.02. The van der Waals surface area contributed by atoms with Crippen molar-refractivity contribution in [2.24, 2.45) is 0 Å². The van der Waals surface area contributed by atoms with Crippen LogP contribution < -0.4 is 10.6 Å². The molecule has 0 atom stereocenters. The van der Waals surface area contributed by atoms with Gasteiger partial charge in [-0.05, 0) is 29.3 Å². The monoisotopic (exact) mass is 423 g/mol. The van der Waals surface area contributed by atoms with Crippen molar-refractivity contribution < 1.29 is 13.2 Å². The summed E-state index contributed by atoms with van der Waals surface area (Å²) in [5.74, 6) is -0.200. The fourth-order valence-corrected chi connectivity index (χ4v) is 3.97. The minimum Gasteiger partial charge on any atom is -0.376 e. The summed E-state index contributed by atoms with van der Waals surface area (Å²) in [6.07, 6.45) is 0. The normalized spacial score (nSPS) is 11.5. The highest BCUT2D eigenvalue weighted by atomic mass is 32.2. The zero-order valence-corrected chi connectivity index (χ0v) is 17.8. The smallest absolute Gasteiger partial charge is 0.242 e. The van der Waals surface area contributed by atoms with Gasteiger partial charge in [0.15, 0.2) is 0 Å². The largest absolute Gasteiger partial charge is 0.376 e. The Balaban J connectivity index is 1.71. The molecule has 3 aromatic rings. The van der Waals surface area contributed by atoms with Crippen LogP contribution in [0.4, 0.5) is 5.69 Å². The predicted molar refractivity (Wildman–Crippen MR) is 119 cm³/mol. The highest BCUT2D eigenvalue weighted by Crippen LogP contribution is 2.22. The van der Waals surface area contributed by atoms with Crippen molar-refractivity contribution in [1.29, 1.82) is 0 Å². The Morgan fingerprint density at radius 1 is 0.867 bits per heavy atom. The molecule has 0 aliphatic rings. The SMILES string of the molecule is CN(C)S(=O)(=O)c1cccc(NCC(=O)NC(c2ccccc2)c2ccccc2)c1. The van der Waals surface area contributed by atoms with Crippen LogP contribution >= 0.6 is 0 Å². The third kappa shape index (κ3) is 5.25. The summed E-state index contributed by atoms with van der Waals surface area (Å²) < 4.78 is 25.8. The van der Waals surface area contributed by atoms with Gasteiger partial charge in [-0.25, -0.2) is 12.7 Å². The van der Waals surface area contributed by atoms with Crippen LogP contribution in [0, 0.1) is 0 Å². The van der Waals surface area contributed by atoms with Crippen molar-refractivity contribution in [1.82, 2.24) is 9.62 Å². The average Bonchev–Trinajstić information content (AvgIpc) is 2.77. The predicted octanol–water partition coefficient (Wildman–Crippen LogP) is 3.25. The molecule has 0 heterocycles. The Bertz CT molecular complexity index is 1050. The Morgan fingerprint density at radius 2 is 1.43 bits per heavy atom. The molecule has 3 aromatic carbocycles. The number of rotatable bonds is 8. The molecule has 1 amide bonds. The topological polar surface area (TPSA) is 78.5 Å². The van der Waals surface area contributed by atoms with E-state index in [9.17, 15) is 13.2 Å². The van der Waals surface area contributed by atoms with Crippen molar-refractivity contribution in [3.8, 4) is 0 Å². The van der Waals surface area contributed by atoms with E-state index in [-0.39, 0.29) is 23.4 Å². The van der Waals surface area contributed by atoms with Gasteiger partial charge in [-0.1, -0.05) is 66.7 Å². The van der Waals surface area contributed by atoms with E-state index in [1.165, 1.54) is 26.2 Å². The lowest BCUT2D eigenvalue weighted by Crippen LogP contribution is -2.34. The second kappa shape index (κ2) is 9.56. The van der Waals surface area contributed by atoms with Crippen molar-refractivity contribution in [3.63, 3.8) is 0 Å². The minimum absolute atomic E-state index is 0.0155. The van der Waals surface area contributed by atoms with E-state index in [0.29, 0.717) is 5.69 Å². The van der Waals surface area contributed by atoms with Gasteiger partial charge in [0.2, 0.25) is 15.9 Å². The number of benzene rings is 3. The second-order valence-electron chi connectivity index (χ2n) is 6.99. The lowest BCUT2D eigenvalue weighted by Gasteiger charge is -2.20. The van der Waals surface area contributed by atoms with Crippen LogP contribution in [0.2, 0.25) is 0 Å². The van der Waals surface area contributed by atoms with Crippen LogP contribution in [0.5, 0.6) is 0 Å². The number of amides is 1. The molecule has 0 aliphatic heterocycles. The molecule has 0 unspecified atom stereocenters. The first-order valence-corrected chi connectivity index (χ1v) is 11.0. The Morgan fingerprint density at radius 3 is 1.97 bits per heavy atom. The summed E-state index contributed by atoms with van der Waals surface area (Å²) in [7, 11) is -0.572. The maximum atomic E-state index is 12.7. The quantitative estimate of drug-likeness (QED) is 0.583. The van der Waals surface area contributed by atoms with Gasteiger partial charge in [-0.15, -0.1) is 0 Å². The maximum absolute atomic E-state index is 12.7. The number of nitrogens with one attached hydrogen (secondary N) is 2. The minimum atomic E-state index is -3.54. The first kappa shape index (κ1) is 21.5. The van der Waals surface area contributed by atoms with Crippen LogP contribution in [-0.2, 0) is 14.8 Å². The summed E-state index contributed by atoms with van der Waals surface area (Å²) in [6, 6.07) is 25.7. The van der Waals surface area contributed by atoms with Crippen molar-refractivity contribution in [3.05, 3.63) is 96.1 Å². The highest BCUT2D eigenvalue weighted by Gasteiger charge is 2.18. The molecule has 0 spiro atoms. The maximum Gasteiger partial charge on any atom is 0.242 e. The molecule has 0 saturated heterocycles. The second-order valence-corrected chi connectivity index (χ2v) is 9.14. The van der Waals surface area contributed by atoms with E-state index < -0.39 is 10.0 Å². The number of sulfonamides is 1. The van der Waals surface area contributed by atoms with E-state index in [1.807, 2.05) is 60.7 Å². The van der Waals surface area contributed by atoms with Gasteiger partial charge < -0.3 is 10.6 Å². The van der Waals surface area contributed by atoms with E-state index in [4.69, 9.17) is 0 Å². The van der Waals surface area contributed by atoms with Gasteiger partial charge in [0, 0.05) is 19.8 Å². The summed E-state index contributed by atoms with van der Waals surface area (Å²) >= 11 is 0. The molecule has 156 valence electrons. The fraction of sp³-hybridized carbons (Fsp3) is 0.174. The molecule has 3 rings (SSSR count). The molecule has 0 aliphatic carbocycles. The highest BCUT2D eigenvalue weighted by molar-refractivity contribution is 7.89. The lowest BCUT2D eigenvalue weighted by molar-refractivity contribution is -0.119. The third-order valence-corrected chi connectivity index (χ3v) is 6.45. The van der Waals surface area contributed by atoms with Crippen molar-refractivity contribution >= 4 is 21.6 Å². The first-order chi connectivity index (χ1) is 14.4. The average molecular weight is 424 g/mol. The Kier molecular flexibility index (Phi) is 6.87. The van der Waals surface area contributed by atoms with Gasteiger partial charge in [0.05, 0.1) is 17.5 Å². The van der Waals surface area contributed by atoms with Crippen molar-refractivity contribution in [2.45, 2.75) is 10.9 Å². The van der Waals surface area contributed by atoms with Crippen LogP contribution in [0.3, 0.4) is 0 Å². The lowest BCUT2D eigenvalue weighted by atomic mass is 9.99. The van der Waals surface area contributed by atoms with Gasteiger partial charge >= 0.3 is 0 Å². The van der Waals surface area contributed by atoms with Crippen LogP contribution in [-0.4, -0.2) is 39.3 Å². The van der Waals surface area contributed by atoms with Gasteiger partial charge in [0.1, 0.15) is 0 Å². The summed E-state index contributed by atoms with van der Waals surface area (Å²) in [5.41, 5.74) is 2.52. The number of carbonyl (C=O) groups is 1. The number of nitrogens with zero attached hydrogens (tertiary/aromatic N) is 1. The van der Waals surface area contributed by atoms with E-state index in [2.05, 4.69) is 10.6 Å². The summed E-state index contributed by atoms with van der Waals surface area (Å²) in [6.45, 7) is 0.0155. The molecule has 0 fully saturated rings. The number of hydrogen-bond acceptors (Lipinski definition) is 4. The molecule has 0 aromatic heterocycles. The summed E-state index contributed by atoms with van der Waals surface area (Å²) in [4.78, 5) is 12.8. The molecular formula is C23H25N3O3S. The molecule has 0 radical (unpaired) electrons. The van der Waals surface area contributed by atoms with Crippen molar-refractivity contribution in [2.75, 3.05) is 26.0 Å². The molecule has 7 heteroatoms. The number of hydrogen-bond donors (Lipinski definition) is 2. The Labute approximate surface area is 177 Å².